The van der Waals surface area contributed by atoms with E-state index in [0.29, 0.717) is 43.8 Å². The third-order valence-corrected chi connectivity index (χ3v) is 6.54. The van der Waals surface area contributed by atoms with Gasteiger partial charge in [0.05, 0.1) is 6.10 Å². The van der Waals surface area contributed by atoms with Crippen molar-refractivity contribution in [1.29, 1.82) is 0 Å². The van der Waals surface area contributed by atoms with Gasteiger partial charge in [-0.05, 0) is 43.7 Å². The molecule has 8 nitrogen and oxygen atoms in total. The molecule has 1 saturated carbocycles. The predicted molar refractivity (Wildman–Crippen MR) is 103 cm³/mol. The molecule has 1 aromatic heterocycles. The first kappa shape index (κ1) is 18.5. The molecule has 5 rings (SSSR count). The van der Waals surface area contributed by atoms with Crippen LogP contribution in [0.15, 0.2) is 24.5 Å². The number of rotatable bonds is 5. The Balaban J connectivity index is 1.23. The van der Waals surface area contributed by atoms with Crippen molar-refractivity contribution in [2.24, 2.45) is 5.92 Å². The maximum absolute atomic E-state index is 13.1. The van der Waals surface area contributed by atoms with Crippen LogP contribution in [0.5, 0.6) is 0 Å². The Labute approximate surface area is 169 Å². The number of nitrogens with one attached hydrogen (secondary N) is 1. The van der Waals surface area contributed by atoms with Crippen molar-refractivity contribution in [2.75, 3.05) is 19.7 Å². The number of carbonyl (C=O) groups excluding carboxylic acids is 3. The zero-order chi connectivity index (χ0) is 20.0. The maximum Gasteiger partial charge on any atom is 0.251 e. The van der Waals surface area contributed by atoms with Crippen molar-refractivity contribution >= 4 is 17.7 Å². The van der Waals surface area contributed by atoms with E-state index in [1.807, 2.05) is 0 Å². The second kappa shape index (κ2) is 7.40. The number of hydrogen-bond acceptors (Lipinski definition) is 5. The van der Waals surface area contributed by atoms with Crippen LogP contribution in [0.3, 0.4) is 0 Å². The molecule has 4 fully saturated rings. The predicted octanol–water partition coefficient (Wildman–Crippen LogP) is 0.581. The summed E-state index contributed by atoms with van der Waals surface area (Å²) in [5.74, 6) is 0.518. The molecule has 0 radical (unpaired) electrons. The fourth-order valence-corrected chi connectivity index (χ4v) is 4.70. The zero-order valence-electron chi connectivity index (χ0n) is 16.3. The molecule has 1 N–H and O–H groups in total. The van der Waals surface area contributed by atoms with Crippen molar-refractivity contribution in [3.63, 3.8) is 0 Å². The van der Waals surface area contributed by atoms with Gasteiger partial charge in [-0.1, -0.05) is 0 Å². The number of nitrogens with zero attached hydrogens (tertiary/aromatic N) is 3. The number of piperidine rings is 1. The lowest BCUT2D eigenvalue weighted by Crippen LogP contribution is -2.66. The molecule has 8 heteroatoms. The number of carbonyl (C=O) groups is 3. The number of fused-ring (bicyclic) bond motifs is 2. The minimum atomic E-state index is -0.488. The maximum atomic E-state index is 13.1. The van der Waals surface area contributed by atoms with Gasteiger partial charge < -0.3 is 19.9 Å². The van der Waals surface area contributed by atoms with Gasteiger partial charge in [0.25, 0.3) is 5.91 Å². The normalized spacial score (nSPS) is 31.4. The standard InChI is InChI=1S/C21H26N4O4/c26-19(14-3-6-22-7-4-14)23-15-5-8-24-17(9-15)21(28)25-11-16(10-18(25)20(24)27)29-12-13-1-2-13/h3-4,6-7,13,15-18H,1-2,5,8-12H2,(H,23,26). The summed E-state index contributed by atoms with van der Waals surface area (Å²) >= 11 is 0. The molecule has 4 unspecified atom stereocenters. The summed E-state index contributed by atoms with van der Waals surface area (Å²) in [6.07, 6.45) is 7.27. The van der Waals surface area contributed by atoms with E-state index in [9.17, 15) is 14.4 Å². The van der Waals surface area contributed by atoms with E-state index in [1.54, 1.807) is 34.3 Å². The SMILES string of the molecule is O=C(NC1CCN2C(=O)C3CC(OCC4CC4)CN3C(=O)C2C1)c1ccncc1. The highest BCUT2D eigenvalue weighted by Gasteiger charge is 2.52. The summed E-state index contributed by atoms with van der Waals surface area (Å²) in [4.78, 5) is 46.0. The second-order valence-electron chi connectivity index (χ2n) is 8.62. The van der Waals surface area contributed by atoms with Crippen LogP contribution in [0.1, 0.15) is 42.5 Å². The third kappa shape index (κ3) is 3.61. The first-order valence-electron chi connectivity index (χ1n) is 10.5. The van der Waals surface area contributed by atoms with Gasteiger partial charge in [-0.3, -0.25) is 19.4 Å². The van der Waals surface area contributed by atoms with Gasteiger partial charge in [-0.25, -0.2) is 0 Å². The monoisotopic (exact) mass is 398 g/mol. The molecule has 0 spiro atoms. The number of hydrogen-bond donors (Lipinski definition) is 1. The highest BCUT2D eigenvalue weighted by atomic mass is 16.5. The van der Waals surface area contributed by atoms with Crippen LogP contribution in [0.2, 0.25) is 0 Å². The van der Waals surface area contributed by atoms with E-state index in [0.717, 1.165) is 6.61 Å². The Morgan fingerprint density at radius 1 is 1.07 bits per heavy atom. The van der Waals surface area contributed by atoms with E-state index in [-0.39, 0.29) is 35.9 Å². The van der Waals surface area contributed by atoms with E-state index in [1.165, 1.54) is 12.8 Å². The molecule has 0 aromatic carbocycles. The zero-order valence-corrected chi connectivity index (χ0v) is 16.3. The molecule has 29 heavy (non-hydrogen) atoms. The number of piperazine rings is 1. The smallest absolute Gasteiger partial charge is 0.251 e. The average Bonchev–Trinajstić information content (AvgIpc) is 3.48. The Morgan fingerprint density at radius 3 is 2.55 bits per heavy atom. The van der Waals surface area contributed by atoms with Crippen LogP contribution in [0, 0.1) is 5.92 Å². The van der Waals surface area contributed by atoms with Crippen molar-refractivity contribution in [1.82, 2.24) is 20.1 Å². The van der Waals surface area contributed by atoms with Crippen LogP contribution >= 0.6 is 0 Å². The molecule has 4 heterocycles. The molecular weight excluding hydrogens is 372 g/mol. The summed E-state index contributed by atoms with van der Waals surface area (Å²) in [6, 6.07) is 2.32. The molecule has 0 bridgehead atoms. The molecule has 4 aliphatic rings. The van der Waals surface area contributed by atoms with E-state index < -0.39 is 6.04 Å². The highest BCUT2D eigenvalue weighted by Crippen LogP contribution is 2.34. The molecular formula is C21H26N4O4. The fourth-order valence-electron chi connectivity index (χ4n) is 4.70. The van der Waals surface area contributed by atoms with Crippen LogP contribution in [0.4, 0.5) is 0 Å². The Morgan fingerprint density at radius 2 is 1.79 bits per heavy atom. The van der Waals surface area contributed by atoms with Crippen LogP contribution in [-0.2, 0) is 14.3 Å². The summed E-state index contributed by atoms with van der Waals surface area (Å²) in [5.41, 5.74) is 0.545. The van der Waals surface area contributed by atoms with Gasteiger partial charge in [0.2, 0.25) is 11.8 Å². The minimum absolute atomic E-state index is 0.00465. The molecule has 1 aliphatic carbocycles. The van der Waals surface area contributed by atoms with Gasteiger partial charge in [0, 0.05) is 50.1 Å². The third-order valence-electron chi connectivity index (χ3n) is 6.54. The average molecular weight is 398 g/mol. The summed E-state index contributed by atoms with van der Waals surface area (Å²) in [5, 5.41) is 3.01. The molecule has 3 saturated heterocycles. The first-order chi connectivity index (χ1) is 14.1. The largest absolute Gasteiger partial charge is 0.376 e. The van der Waals surface area contributed by atoms with Gasteiger partial charge in [0.15, 0.2) is 0 Å². The number of pyridine rings is 1. The van der Waals surface area contributed by atoms with Gasteiger partial charge in [-0.2, -0.15) is 0 Å². The van der Waals surface area contributed by atoms with Crippen LogP contribution in [0.25, 0.3) is 0 Å². The van der Waals surface area contributed by atoms with Gasteiger partial charge in [-0.15, -0.1) is 0 Å². The lowest BCUT2D eigenvalue weighted by Gasteiger charge is -2.46. The van der Waals surface area contributed by atoms with Gasteiger partial charge >= 0.3 is 0 Å². The summed E-state index contributed by atoms with van der Waals surface area (Å²) in [7, 11) is 0. The molecule has 4 atom stereocenters. The lowest BCUT2D eigenvalue weighted by molar-refractivity contribution is -0.161. The van der Waals surface area contributed by atoms with Crippen molar-refractivity contribution < 1.29 is 19.1 Å². The Hall–Kier alpha value is -2.48. The number of ether oxygens (including phenoxy) is 1. The van der Waals surface area contributed by atoms with E-state index in [2.05, 4.69) is 10.3 Å². The fraction of sp³-hybridized carbons (Fsp3) is 0.619. The quantitative estimate of drug-likeness (QED) is 0.783. The molecule has 1 aromatic rings. The van der Waals surface area contributed by atoms with Gasteiger partial charge in [0.1, 0.15) is 12.1 Å². The highest BCUT2D eigenvalue weighted by molar-refractivity contribution is 5.98. The first-order valence-corrected chi connectivity index (χ1v) is 10.5. The second-order valence-corrected chi connectivity index (χ2v) is 8.62. The molecule has 154 valence electrons. The van der Waals surface area contributed by atoms with Crippen LogP contribution < -0.4 is 5.32 Å². The topological polar surface area (TPSA) is 91.8 Å². The Kier molecular flexibility index (Phi) is 4.73. The Bertz CT molecular complexity index is 812. The van der Waals surface area contributed by atoms with Crippen LogP contribution in [-0.4, -0.2) is 76.4 Å². The number of amides is 3. The summed E-state index contributed by atoms with van der Waals surface area (Å²) in [6.45, 7) is 1.73. The lowest BCUT2D eigenvalue weighted by atomic mass is 9.92. The minimum Gasteiger partial charge on any atom is -0.376 e. The van der Waals surface area contributed by atoms with E-state index in [4.69, 9.17) is 4.74 Å². The molecule has 3 amide bonds. The summed E-state index contributed by atoms with van der Waals surface area (Å²) < 4.78 is 5.96. The number of aromatic nitrogens is 1. The van der Waals surface area contributed by atoms with E-state index >= 15 is 0 Å². The van der Waals surface area contributed by atoms with Crippen molar-refractivity contribution in [2.45, 2.75) is 56.3 Å². The molecule has 3 aliphatic heterocycles. The van der Waals surface area contributed by atoms with Crippen molar-refractivity contribution in [3.05, 3.63) is 30.1 Å². The van der Waals surface area contributed by atoms with Crippen molar-refractivity contribution in [3.8, 4) is 0 Å².